The summed E-state index contributed by atoms with van der Waals surface area (Å²) in [7, 11) is 0. The topological polar surface area (TPSA) is 206 Å². The Labute approximate surface area is 262 Å². The maximum atomic E-state index is 12.1. The normalized spacial score (nSPS) is 10.9. The second kappa shape index (κ2) is 11.9. The van der Waals surface area contributed by atoms with Crippen LogP contribution in [0.25, 0.3) is 44.9 Å². The molecular weight excluding hydrogens is 584 g/mol. The first kappa shape index (κ1) is 29.6. The lowest BCUT2D eigenvalue weighted by molar-refractivity contribution is 0.0945. The minimum atomic E-state index is -0.544. The quantitative estimate of drug-likeness (QED) is 0.0864. The van der Waals surface area contributed by atoms with Gasteiger partial charge in [0, 0.05) is 33.6 Å². The number of nitrogens with zero attached hydrogens (tertiary/aromatic N) is 2. The zero-order chi connectivity index (χ0) is 32.5. The van der Waals surface area contributed by atoms with E-state index in [0.717, 1.165) is 44.9 Å². The van der Waals surface area contributed by atoms with Crippen LogP contribution in [0.4, 0.5) is 0 Å². The van der Waals surface area contributed by atoms with E-state index < -0.39 is 23.6 Å². The number of carbonyl (C=O) groups excluding carboxylic acids is 4. The van der Waals surface area contributed by atoms with Crippen LogP contribution in [0.1, 0.15) is 41.4 Å². The Kier molecular flexibility index (Phi) is 7.64. The zero-order valence-electron chi connectivity index (χ0n) is 24.2. The van der Waals surface area contributed by atoms with Gasteiger partial charge in [0.05, 0.1) is 22.4 Å². The third kappa shape index (κ3) is 5.26. The van der Waals surface area contributed by atoms with Crippen molar-refractivity contribution in [1.82, 2.24) is 20.0 Å². The number of rotatable bonds is 8. The van der Waals surface area contributed by atoms with Crippen molar-refractivity contribution in [3.63, 3.8) is 0 Å². The van der Waals surface area contributed by atoms with Crippen molar-refractivity contribution in [2.75, 3.05) is 0 Å². The van der Waals surface area contributed by atoms with E-state index in [9.17, 15) is 19.2 Å². The van der Waals surface area contributed by atoms with Crippen molar-refractivity contribution >= 4 is 34.7 Å². The van der Waals surface area contributed by atoms with E-state index >= 15 is 0 Å². The number of fused-ring (bicyclic) bond motifs is 1. The summed E-state index contributed by atoms with van der Waals surface area (Å²) >= 11 is 0. The molecule has 0 aliphatic carbocycles. The van der Waals surface area contributed by atoms with Crippen molar-refractivity contribution in [3.05, 3.63) is 131 Å². The molecule has 0 fully saturated rings. The standard InChI is InChI=1S/C34H28N8O4/c35-31(43)21-9-13-25(14-10-21)41-27(19-1-5-23(6-2-19)33(45)39-37)17-29-30(41)18-28(20-3-7-24(8-4-20)34(46)40-38)42(29)26-15-11-22(12-16-26)32(36)44/h1-18H,37-38H2,(H2,35,43)(H2,36,44)(H,39,45)(H,40,46). The van der Waals surface area contributed by atoms with Crippen LogP contribution in [-0.4, -0.2) is 32.8 Å². The number of nitrogens with two attached hydrogens (primary N) is 4. The highest BCUT2D eigenvalue weighted by molar-refractivity contribution is 5.98. The number of nitrogen functional groups attached to an aromatic ring is 2. The summed E-state index contributed by atoms with van der Waals surface area (Å²) in [5.41, 5.74) is 23.1. The van der Waals surface area contributed by atoms with Gasteiger partial charge in [0.15, 0.2) is 0 Å². The summed E-state index contributed by atoms with van der Waals surface area (Å²) in [6.45, 7) is 0. The molecule has 0 aliphatic rings. The third-order valence-corrected chi connectivity index (χ3v) is 7.74. The number of benzene rings is 4. The van der Waals surface area contributed by atoms with Gasteiger partial charge in [-0.25, -0.2) is 11.7 Å². The van der Waals surface area contributed by atoms with Crippen LogP contribution in [0, 0.1) is 0 Å². The largest absolute Gasteiger partial charge is 0.366 e. The molecule has 0 atom stereocenters. The molecule has 2 aromatic heterocycles. The van der Waals surface area contributed by atoms with Crippen molar-refractivity contribution in [1.29, 1.82) is 0 Å². The first-order valence-electron chi connectivity index (χ1n) is 14.0. The number of hydrazine groups is 2. The monoisotopic (exact) mass is 612 g/mol. The number of nitrogens with one attached hydrogen (secondary N) is 2. The summed E-state index contributed by atoms with van der Waals surface area (Å²) in [5.74, 6) is 8.73. The fourth-order valence-electron chi connectivity index (χ4n) is 5.44. The molecule has 4 amide bonds. The van der Waals surface area contributed by atoms with E-state index in [2.05, 4.69) is 10.9 Å². The van der Waals surface area contributed by atoms with Crippen molar-refractivity contribution < 1.29 is 19.2 Å². The smallest absolute Gasteiger partial charge is 0.265 e. The van der Waals surface area contributed by atoms with Crippen molar-refractivity contribution in [2.24, 2.45) is 23.2 Å². The molecule has 12 nitrogen and oxygen atoms in total. The van der Waals surface area contributed by atoms with E-state index in [-0.39, 0.29) is 0 Å². The predicted molar refractivity (Wildman–Crippen MR) is 174 cm³/mol. The highest BCUT2D eigenvalue weighted by Gasteiger charge is 2.22. The molecule has 0 bridgehead atoms. The lowest BCUT2D eigenvalue weighted by atomic mass is 10.1. The number of carbonyl (C=O) groups is 4. The Morgan fingerprint density at radius 2 is 0.761 bits per heavy atom. The maximum Gasteiger partial charge on any atom is 0.265 e. The van der Waals surface area contributed by atoms with Crippen LogP contribution in [0.2, 0.25) is 0 Å². The molecule has 0 saturated heterocycles. The summed E-state index contributed by atoms with van der Waals surface area (Å²) in [5, 5.41) is 0. The molecule has 0 spiro atoms. The van der Waals surface area contributed by atoms with Crippen LogP contribution >= 0.6 is 0 Å². The molecule has 4 aromatic carbocycles. The number of primary amides is 2. The molecule has 10 N–H and O–H groups in total. The molecule has 2 heterocycles. The van der Waals surface area contributed by atoms with Crippen LogP contribution in [0.15, 0.2) is 109 Å². The second-order valence-corrected chi connectivity index (χ2v) is 10.4. The lowest BCUT2D eigenvalue weighted by Gasteiger charge is -2.13. The van der Waals surface area contributed by atoms with E-state index in [4.69, 9.17) is 23.2 Å². The summed E-state index contributed by atoms with van der Waals surface area (Å²) in [6, 6.07) is 31.9. The SMILES string of the molecule is NNC(=O)c1ccc(-c2cc3c(cc(-c4ccc(C(=O)NN)cc4)n3-c3ccc(C(N)=O)cc3)n2-c2ccc(C(N)=O)cc2)cc1. The Balaban J connectivity index is 1.63. The number of hydrogen-bond donors (Lipinski definition) is 6. The van der Waals surface area contributed by atoms with Crippen LogP contribution in [-0.2, 0) is 0 Å². The van der Waals surface area contributed by atoms with Gasteiger partial charge >= 0.3 is 0 Å². The number of hydrogen-bond acceptors (Lipinski definition) is 6. The van der Waals surface area contributed by atoms with Gasteiger partial charge < -0.3 is 20.6 Å². The summed E-state index contributed by atoms with van der Waals surface area (Å²) in [6.07, 6.45) is 0. The van der Waals surface area contributed by atoms with Gasteiger partial charge in [-0.3, -0.25) is 30.0 Å². The van der Waals surface area contributed by atoms with Gasteiger partial charge in [-0.1, -0.05) is 24.3 Å². The lowest BCUT2D eigenvalue weighted by Crippen LogP contribution is -2.29. The first-order chi connectivity index (χ1) is 22.2. The fourth-order valence-corrected chi connectivity index (χ4v) is 5.44. The predicted octanol–water partition coefficient (Wildman–Crippen LogP) is 3.16. The van der Waals surface area contributed by atoms with Crippen LogP contribution in [0.3, 0.4) is 0 Å². The van der Waals surface area contributed by atoms with E-state index in [0.29, 0.717) is 22.3 Å². The molecule has 228 valence electrons. The van der Waals surface area contributed by atoms with Gasteiger partial charge in [0.25, 0.3) is 11.8 Å². The Morgan fingerprint density at radius 3 is 1.04 bits per heavy atom. The van der Waals surface area contributed by atoms with Crippen LogP contribution < -0.4 is 34.0 Å². The molecule has 0 saturated carbocycles. The molecule has 46 heavy (non-hydrogen) atoms. The fraction of sp³-hybridized carbons (Fsp3) is 0. The molecule has 6 rings (SSSR count). The van der Waals surface area contributed by atoms with Crippen molar-refractivity contribution in [2.45, 2.75) is 0 Å². The first-order valence-corrected chi connectivity index (χ1v) is 14.0. The number of aromatic nitrogens is 2. The van der Waals surface area contributed by atoms with Gasteiger partial charge in [0.1, 0.15) is 0 Å². The summed E-state index contributed by atoms with van der Waals surface area (Å²) < 4.78 is 4.07. The van der Waals surface area contributed by atoms with Gasteiger partial charge in [-0.15, -0.1) is 0 Å². The molecule has 0 unspecified atom stereocenters. The Bertz CT molecular complexity index is 1970. The van der Waals surface area contributed by atoms with Gasteiger partial charge in [0.2, 0.25) is 11.8 Å². The average Bonchev–Trinajstić information content (AvgIpc) is 3.64. The highest BCUT2D eigenvalue weighted by atomic mass is 16.2. The highest BCUT2D eigenvalue weighted by Crippen LogP contribution is 2.38. The van der Waals surface area contributed by atoms with Crippen molar-refractivity contribution in [3.8, 4) is 33.9 Å². The third-order valence-electron chi connectivity index (χ3n) is 7.74. The Hall–Kier alpha value is -6.50. The minimum absolute atomic E-state index is 0.361. The molecular formula is C34H28N8O4. The minimum Gasteiger partial charge on any atom is -0.366 e. The van der Waals surface area contributed by atoms with E-state index in [1.54, 1.807) is 72.8 Å². The summed E-state index contributed by atoms with van der Waals surface area (Å²) in [4.78, 5) is 47.9. The molecule has 0 radical (unpaired) electrons. The van der Waals surface area contributed by atoms with Crippen LogP contribution in [0.5, 0.6) is 0 Å². The van der Waals surface area contributed by atoms with E-state index in [1.165, 1.54) is 0 Å². The second-order valence-electron chi connectivity index (χ2n) is 10.4. The molecule has 6 aromatic rings. The van der Waals surface area contributed by atoms with Gasteiger partial charge in [-0.2, -0.15) is 0 Å². The Morgan fingerprint density at radius 1 is 0.457 bits per heavy atom. The maximum absolute atomic E-state index is 12.1. The van der Waals surface area contributed by atoms with E-state index in [1.807, 2.05) is 45.5 Å². The average molecular weight is 613 g/mol. The number of amides is 4. The molecule has 12 heteroatoms. The zero-order valence-corrected chi connectivity index (χ0v) is 24.2. The molecule has 0 aliphatic heterocycles. The van der Waals surface area contributed by atoms with Gasteiger partial charge in [-0.05, 0) is 96.1 Å².